The number of anilines is 2. The molecule has 0 N–H and O–H groups in total. The van der Waals surface area contributed by atoms with Crippen molar-refractivity contribution < 1.29 is 18.0 Å². The van der Waals surface area contributed by atoms with Gasteiger partial charge in [0.05, 0.1) is 16.3 Å². The molecule has 0 radical (unpaired) electrons. The molecule has 160 valence electrons. The SMILES string of the molecule is CCN(CC)C(=O)CN1C(=O)C2CCCCN2c2ccc(S(=O)(=O)N(C)C)cc21. The highest BCUT2D eigenvalue weighted by molar-refractivity contribution is 7.89. The topological polar surface area (TPSA) is 81.2 Å². The van der Waals surface area contributed by atoms with Gasteiger partial charge in [0.1, 0.15) is 12.6 Å². The highest BCUT2D eigenvalue weighted by Gasteiger charge is 2.41. The first-order valence-corrected chi connectivity index (χ1v) is 11.6. The van der Waals surface area contributed by atoms with Gasteiger partial charge in [0.15, 0.2) is 0 Å². The molecule has 0 bridgehead atoms. The number of likely N-dealkylation sites (N-methyl/N-ethyl adjacent to an activating group) is 1. The van der Waals surface area contributed by atoms with E-state index in [0.29, 0.717) is 18.8 Å². The highest BCUT2D eigenvalue weighted by atomic mass is 32.2. The first-order chi connectivity index (χ1) is 13.7. The van der Waals surface area contributed by atoms with Crippen LogP contribution in [0.1, 0.15) is 33.1 Å². The van der Waals surface area contributed by atoms with Gasteiger partial charge in [0, 0.05) is 33.7 Å². The Morgan fingerprint density at radius 3 is 2.45 bits per heavy atom. The number of carbonyl (C=O) groups excluding carboxylic acids is 2. The van der Waals surface area contributed by atoms with Crippen molar-refractivity contribution in [1.29, 1.82) is 0 Å². The summed E-state index contributed by atoms with van der Waals surface area (Å²) >= 11 is 0. The number of fused-ring (bicyclic) bond motifs is 3. The van der Waals surface area contributed by atoms with Crippen molar-refractivity contribution >= 4 is 33.2 Å². The summed E-state index contributed by atoms with van der Waals surface area (Å²) < 4.78 is 26.4. The summed E-state index contributed by atoms with van der Waals surface area (Å²) in [5.74, 6) is -0.267. The third-order valence-corrected chi connectivity index (χ3v) is 7.60. The zero-order chi connectivity index (χ0) is 21.3. The van der Waals surface area contributed by atoms with Gasteiger partial charge in [-0.1, -0.05) is 0 Å². The molecule has 2 aliphatic heterocycles. The van der Waals surface area contributed by atoms with Gasteiger partial charge in [-0.15, -0.1) is 0 Å². The second-order valence-electron chi connectivity index (χ2n) is 7.63. The predicted molar refractivity (Wildman–Crippen MR) is 113 cm³/mol. The molecule has 1 aromatic rings. The van der Waals surface area contributed by atoms with Crippen LogP contribution in [0.5, 0.6) is 0 Å². The van der Waals surface area contributed by atoms with E-state index in [1.165, 1.54) is 25.1 Å². The van der Waals surface area contributed by atoms with Crippen molar-refractivity contribution in [3.8, 4) is 0 Å². The minimum absolute atomic E-state index is 0.0800. The zero-order valence-corrected chi connectivity index (χ0v) is 18.4. The van der Waals surface area contributed by atoms with E-state index in [4.69, 9.17) is 0 Å². The average molecular weight is 423 g/mol. The third kappa shape index (κ3) is 3.85. The van der Waals surface area contributed by atoms with E-state index in [1.54, 1.807) is 17.0 Å². The zero-order valence-electron chi connectivity index (χ0n) is 17.6. The Morgan fingerprint density at radius 2 is 1.83 bits per heavy atom. The number of hydrogen-bond acceptors (Lipinski definition) is 5. The first-order valence-electron chi connectivity index (χ1n) is 10.1. The Morgan fingerprint density at radius 1 is 1.14 bits per heavy atom. The van der Waals surface area contributed by atoms with Crippen LogP contribution in [0.2, 0.25) is 0 Å². The van der Waals surface area contributed by atoms with E-state index in [9.17, 15) is 18.0 Å². The lowest BCUT2D eigenvalue weighted by Crippen LogP contribution is -2.57. The van der Waals surface area contributed by atoms with Crippen LogP contribution >= 0.6 is 0 Å². The number of sulfonamides is 1. The Bertz CT molecular complexity index is 896. The number of amides is 2. The maximum absolute atomic E-state index is 13.3. The van der Waals surface area contributed by atoms with Crippen molar-refractivity contribution in [2.75, 3.05) is 50.1 Å². The van der Waals surface area contributed by atoms with E-state index in [0.717, 1.165) is 35.8 Å². The minimum atomic E-state index is -3.65. The van der Waals surface area contributed by atoms with Crippen LogP contribution in [0.15, 0.2) is 23.1 Å². The molecule has 29 heavy (non-hydrogen) atoms. The molecule has 0 aromatic heterocycles. The Labute approximate surface area is 173 Å². The van der Waals surface area contributed by atoms with Crippen molar-refractivity contribution in [2.45, 2.75) is 44.0 Å². The lowest BCUT2D eigenvalue weighted by molar-refractivity contribution is -0.131. The van der Waals surface area contributed by atoms with E-state index in [-0.39, 0.29) is 29.3 Å². The van der Waals surface area contributed by atoms with Crippen LogP contribution in [0.3, 0.4) is 0 Å². The maximum atomic E-state index is 13.3. The van der Waals surface area contributed by atoms with Crippen LogP contribution in [0, 0.1) is 0 Å². The van der Waals surface area contributed by atoms with Gasteiger partial charge in [-0.3, -0.25) is 14.5 Å². The van der Waals surface area contributed by atoms with Crippen LogP contribution in [-0.4, -0.2) is 75.8 Å². The molecule has 2 aliphatic rings. The number of hydrogen-bond donors (Lipinski definition) is 0. The molecule has 0 aliphatic carbocycles. The second-order valence-corrected chi connectivity index (χ2v) is 9.79. The fraction of sp³-hybridized carbons (Fsp3) is 0.600. The Kier molecular flexibility index (Phi) is 6.19. The van der Waals surface area contributed by atoms with Gasteiger partial charge in [0.2, 0.25) is 21.8 Å². The molecule has 8 nitrogen and oxygen atoms in total. The van der Waals surface area contributed by atoms with Gasteiger partial charge in [-0.05, 0) is 51.3 Å². The van der Waals surface area contributed by atoms with E-state index >= 15 is 0 Å². The summed E-state index contributed by atoms with van der Waals surface area (Å²) in [5.41, 5.74) is 1.32. The summed E-state index contributed by atoms with van der Waals surface area (Å²) in [5, 5.41) is 0. The van der Waals surface area contributed by atoms with Gasteiger partial charge in [-0.2, -0.15) is 0 Å². The van der Waals surface area contributed by atoms with E-state index < -0.39 is 10.0 Å². The normalized spacial score (nSPS) is 19.2. The molecular weight excluding hydrogens is 392 g/mol. The smallest absolute Gasteiger partial charge is 0.250 e. The van der Waals surface area contributed by atoms with Gasteiger partial charge in [-0.25, -0.2) is 12.7 Å². The van der Waals surface area contributed by atoms with Crippen LogP contribution in [0.25, 0.3) is 0 Å². The second kappa shape index (κ2) is 8.31. The number of nitrogens with zero attached hydrogens (tertiary/aromatic N) is 4. The lowest BCUT2D eigenvalue weighted by atomic mass is 9.96. The summed E-state index contributed by atoms with van der Waals surface area (Å²) in [4.78, 5) is 31.4. The molecular formula is C20H30N4O4S. The standard InChI is InChI=1S/C20H30N4O4S/c1-5-22(6-2)19(25)14-24-18-13-15(29(27,28)21(3)4)10-11-16(18)23-12-8-7-9-17(23)20(24)26/h10-11,13,17H,5-9,12,14H2,1-4H3. The fourth-order valence-corrected chi connectivity index (χ4v) is 5.01. The monoisotopic (exact) mass is 422 g/mol. The number of piperidine rings is 1. The number of benzene rings is 1. The fourth-order valence-electron chi connectivity index (χ4n) is 4.08. The lowest BCUT2D eigenvalue weighted by Gasteiger charge is -2.45. The molecule has 1 fully saturated rings. The van der Waals surface area contributed by atoms with Crippen molar-refractivity contribution in [2.24, 2.45) is 0 Å². The number of rotatable bonds is 6. The molecule has 1 unspecified atom stereocenters. The quantitative estimate of drug-likeness (QED) is 0.694. The largest absolute Gasteiger partial charge is 0.358 e. The van der Waals surface area contributed by atoms with E-state index in [2.05, 4.69) is 4.90 Å². The minimum Gasteiger partial charge on any atom is -0.358 e. The molecule has 1 aromatic carbocycles. The van der Waals surface area contributed by atoms with Gasteiger partial charge >= 0.3 is 0 Å². The van der Waals surface area contributed by atoms with Crippen LogP contribution in [0.4, 0.5) is 11.4 Å². The molecule has 0 saturated carbocycles. The van der Waals surface area contributed by atoms with Crippen molar-refractivity contribution in [1.82, 2.24) is 9.21 Å². The van der Waals surface area contributed by atoms with Gasteiger partial charge in [0.25, 0.3) is 0 Å². The Hall–Kier alpha value is -2.13. The van der Waals surface area contributed by atoms with Crippen LogP contribution < -0.4 is 9.80 Å². The highest BCUT2D eigenvalue weighted by Crippen LogP contribution is 2.40. The molecule has 3 rings (SSSR count). The molecule has 2 amide bonds. The summed E-state index contributed by atoms with van der Waals surface area (Å²) in [6.45, 7) is 5.60. The number of carbonyl (C=O) groups is 2. The molecule has 0 spiro atoms. The van der Waals surface area contributed by atoms with Crippen molar-refractivity contribution in [3.05, 3.63) is 18.2 Å². The molecule has 9 heteroatoms. The van der Waals surface area contributed by atoms with Gasteiger partial charge < -0.3 is 9.80 Å². The van der Waals surface area contributed by atoms with Crippen molar-refractivity contribution in [3.63, 3.8) is 0 Å². The summed E-state index contributed by atoms with van der Waals surface area (Å²) in [6.07, 6.45) is 2.69. The summed E-state index contributed by atoms with van der Waals surface area (Å²) in [7, 11) is -0.704. The predicted octanol–water partition coefficient (Wildman–Crippen LogP) is 1.51. The molecule has 1 saturated heterocycles. The van der Waals surface area contributed by atoms with Crippen LogP contribution in [-0.2, 0) is 19.6 Å². The summed E-state index contributed by atoms with van der Waals surface area (Å²) in [6, 6.07) is 4.59. The third-order valence-electron chi connectivity index (χ3n) is 5.79. The maximum Gasteiger partial charge on any atom is 0.250 e. The molecule has 1 atom stereocenters. The molecule has 2 heterocycles. The van der Waals surface area contributed by atoms with E-state index in [1.807, 2.05) is 13.8 Å². The first kappa shape index (κ1) is 21.6. The Balaban J connectivity index is 2.08. The average Bonchev–Trinajstić information content (AvgIpc) is 2.71.